The third-order valence-corrected chi connectivity index (χ3v) is 2.76. The molecule has 0 bridgehead atoms. The molecule has 0 unspecified atom stereocenters. The number of hydrogen-bond donors (Lipinski definition) is 2. The van der Waals surface area contributed by atoms with Gasteiger partial charge in [-0.1, -0.05) is 17.0 Å². The molecule has 0 aliphatic rings. The van der Waals surface area contributed by atoms with Crippen molar-refractivity contribution in [3.05, 3.63) is 46.8 Å². The molecule has 1 heterocycles. The molecule has 20 heavy (non-hydrogen) atoms. The van der Waals surface area contributed by atoms with Crippen LogP contribution >= 0.6 is 0 Å². The van der Waals surface area contributed by atoms with Gasteiger partial charge in [-0.15, -0.1) is 0 Å². The summed E-state index contributed by atoms with van der Waals surface area (Å²) >= 11 is 0. The van der Waals surface area contributed by atoms with Crippen LogP contribution in [0.4, 0.5) is 5.69 Å². The van der Waals surface area contributed by atoms with Crippen molar-refractivity contribution in [2.75, 3.05) is 11.9 Å². The van der Waals surface area contributed by atoms with E-state index in [0.717, 1.165) is 11.1 Å². The fraction of sp³-hybridized carbons (Fsp3) is 0.200. The number of carbonyl (C=O) groups is 1. The zero-order chi connectivity index (χ0) is 14.5. The van der Waals surface area contributed by atoms with Crippen molar-refractivity contribution in [2.45, 2.75) is 13.8 Å². The largest absolute Gasteiger partial charge is 0.351 e. The Hall–Kier alpha value is -2.58. The molecule has 0 fully saturated rings. The van der Waals surface area contributed by atoms with E-state index in [1.807, 2.05) is 19.1 Å². The van der Waals surface area contributed by atoms with Crippen LogP contribution in [0.5, 0.6) is 0 Å². The molecular weight excluding hydrogens is 254 g/mol. The van der Waals surface area contributed by atoms with Crippen molar-refractivity contribution in [3.63, 3.8) is 0 Å². The summed E-state index contributed by atoms with van der Waals surface area (Å²) < 4.78 is 4.92. The molecule has 0 atom stereocenters. The van der Waals surface area contributed by atoms with E-state index in [1.54, 1.807) is 13.0 Å². The summed E-state index contributed by atoms with van der Waals surface area (Å²) in [5.41, 5.74) is 8.52. The van der Waals surface area contributed by atoms with E-state index < -0.39 is 0 Å². The Kier molecular flexibility index (Phi) is 4.18. The zero-order valence-electron chi connectivity index (χ0n) is 11.4. The first kappa shape index (κ1) is 13.8. The number of hydrogen-bond acceptors (Lipinski definition) is 4. The Labute approximate surface area is 117 Å². The first-order valence-electron chi connectivity index (χ1n) is 6.14. The van der Waals surface area contributed by atoms with E-state index in [9.17, 15) is 4.79 Å². The third-order valence-electron chi connectivity index (χ3n) is 2.76. The molecule has 102 valence electrons. The standard InChI is InChI=1S/C15H15N3O2/c1-10-8-12(4-3-7-16)5-6-13(10)18-15(19)14-11(2)9-17-20-14/h5-6,8-9H,7,16H2,1-2H3,(H,18,19). The van der Waals surface area contributed by atoms with Crippen LogP contribution in [0.2, 0.25) is 0 Å². The summed E-state index contributed by atoms with van der Waals surface area (Å²) in [5, 5.41) is 6.38. The van der Waals surface area contributed by atoms with Crippen molar-refractivity contribution in [2.24, 2.45) is 5.73 Å². The summed E-state index contributed by atoms with van der Waals surface area (Å²) in [6.45, 7) is 3.99. The van der Waals surface area contributed by atoms with E-state index >= 15 is 0 Å². The van der Waals surface area contributed by atoms with Crippen LogP contribution in [0, 0.1) is 25.7 Å². The Morgan fingerprint density at radius 3 is 2.80 bits per heavy atom. The molecule has 1 aromatic heterocycles. The Morgan fingerprint density at radius 2 is 2.20 bits per heavy atom. The van der Waals surface area contributed by atoms with Crippen LogP contribution < -0.4 is 11.1 Å². The van der Waals surface area contributed by atoms with Gasteiger partial charge in [-0.3, -0.25) is 4.79 Å². The van der Waals surface area contributed by atoms with E-state index in [2.05, 4.69) is 22.3 Å². The number of benzene rings is 1. The third kappa shape index (κ3) is 3.05. The first-order chi connectivity index (χ1) is 9.61. The first-order valence-corrected chi connectivity index (χ1v) is 6.14. The van der Waals surface area contributed by atoms with E-state index in [4.69, 9.17) is 10.3 Å². The van der Waals surface area contributed by atoms with Gasteiger partial charge in [0.1, 0.15) is 0 Å². The Balaban J connectivity index is 2.18. The highest BCUT2D eigenvalue weighted by atomic mass is 16.5. The van der Waals surface area contributed by atoms with Crippen LogP contribution in [0.1, 0.15) is 27.2 Å². The number of carbonyl (C=O) groups excluding carboxylic acids is 1. The predicted molar refractivity (Wildman–Crippen MR) is 76.3 cm³/mol. The molecule has 1 amide bonds. The quantitative estimate of drug-likeness (QED) is 0.815. The average molecular weight is 269 g/mol. The highest BCUT2D eigenvalue weighted by molar-refractivity contribution is 6.03. The summed E-state index contributed by atoms with van der Waals surface area (Å²) in [5.74, 6) is 5.64. The van der Waals surface area contributed by atoms with Crippen LogP contribution in [-0.2, 0) is 0 Å². The van der Waals surface area contributed by atoms with E-state index in [1.165, 1.54) is 6.20 Å². The zero-order valence-corrected chi connectivity index (χ0v) is 11.4. The normalized spacial score (nSPS) is 9.75. The minimum atomic E-state index is -0.316. The summed E-state index contributed by atoms with van der Waals surface area (Å²) in [7, 11) is 0. The maximum Gasteiger partial charge on any atom is 0.294 e. The molecule has 2 rings (SSSR count). The molecule has 0 radical (unpaired) electrons. The van der Waals surface area contributed by atoms with E-state index in [-0.39, 0.29) is 11.7 Å². The van der Waals surface area contributed by atoms with Gasteiger partial charge in [0.2, 0.25) is 5.76 Å². The number of aromatic nitrogens is 1. The second-order valence-electron chi connectivity index (χ2n) is 4.33. The number of nitrogens with two attached hydrogens (primary N) is 1. The molecule has 5 nitrogen and oxygen atoms in total. The van der Waals surface area contributed by atoms with Gasteiger partial charge in [0.15, 0.2) is 0 Å². The molecule has 1 aromatic carbocycles. The van der Waals surface area contributed by atoms with Crippen molar-refractivity contribution < 1.29 is 9.32 Å². The maximum absolute atomic E-state index is 12.0. The van der Waals surface area contributed by atoms with Crippen molar-refractivity contribution in [1.29, 1.82) is 0 Å². The van der Waals surface area contributed by atoms with Gasteiger partial charge in [-0.05, 0) is 37.6 Å². The summed E-state index contributed by atoms with van der Waals surface area (Å²) in [4.78, 5) is 12.0. The molecule has 0 saturated heterocycles. The van der Waals surface area contributed by atoms with Crippen molar-refractivity contribution in [3.8, 4) is 11.8 Å². The SMILES string of the molecule is Cc1cc(C#CCN)ccc1NC(=O)c1oncc1C. The summed E-state index contributed by atoms with van der Waals surface area (Å²) in [6.07, 6.45) is 1.51. The molecule has 0 spiro atoms. The molecule has 2 aromatic rings. The topological polar surface area (TPSA) is 81.1 Å². The molecule has 0 aliphatic carbocycles. The number of anilines is 1. The van der Waals surface area contributed by atoms with Gasteiger partial charge in [-0.2, -0.15) is 0 Å². The van der Waals surface area contributed by atoms with Gasteiger partial charge < -0.3 is 15.6 Å². The van der Waals surface area contributed by atoms with Gasteiger partial charge >= 0.3 is 0 Å². The van der Waals surface area contributed by atoms with Crippen LogP contribution in [0.15, 0.2) is 28.9 Å². The highest BCUT2D eigenvalue weighted by Crippen LogP contribution is 2.18. The van der Waals surface area contributed by atoms with Gasteiger partial charge in [-0.25, -0.2) is 0 Å². The highest BCUT2D eigenvalue weighted by Gasteiger charge is 2.14. The van der Waals surface area contributed by atoms with Crippen molar-refractivity contribution in [1.82, 2.24) is 5.16 Å². The molecule has 0 saturated carbocycles. The van der Waals surface area contributed by atoms with Crippen LogP contribution in [0.3, 0.4) is 0 Å². The second-order valence-corrected chi connectivity index (χ2v) is 4.33. The molecule has 5 heteroatoms. The number of nitrogens with one attached hydrogen (secondary N) is 1. The maximum atomic E-state index is 12.0. The number of aryl methyl sites for hydroxylation is 2. The van der Waals surface area contributed by atoms with E-state index in [0.29, 0.717) is 17.8 Å². The minimum Gasteiger partial charge on any atom is -0.351 e. The fourth-order valence-corrected chi connectivity index (χ4v) is 1.72. The lowest BCUT2D eigenvalue weighted by atomic mass is 10.1. The molecule has 0 aliphatic heterocycles. The number of nitrogens with zero attached hydrogens (tertiary/aromatic N) is 1. The van der Waals surface area contributed by atoms with Crippen LogP contribution in [0.25, 0.3) is 0 Å². The smallest absolute Gasteiger partial charge is 0.294 e. The Bertz CT molecular complexity index is 693. The lowest BCUT2D eigenvalue weighted by molar-refractivity contribution is 0.0987. The van der Waals surface area contributed by atoms with Crippen LogP contribution in [-0.4, -0.2) is 17.6 Å². The summed E-state index contributed by atoms with van der Waals surface area (Å²) in [6, 6.07) is 5.53. The average Bonchev–Trinajstić information content (AvgIpc) is 2.85. The molecular formula is C15H15N3O2. The van der Waals surface area contributed by atoms with Gasteiger partial charge in [0, 0.05) is 16.8 Å². The monoisotopic (exact) mass is 269 g/mol. The molecule has 3 N–H and O–H groups in total. The lowest BCUT2D eigenvalue weighted by Crippen LogP contribution is -2.13. The minimum absolute atomic E-state index is 0.219. The Morgan fingerprint density at radius 1 is 1.40 bits per heavy atom. The number of rotatable bonds is 2. The second kappa shape index (κ2) is 6.04. The van der Waals surface area contributed by atoms with Gasteiger partial charge in [0.25, 0.3) is 5.91 Å². The lowest BCUT2D eigenvalue weighted by Gasteiger charge is -2.07. The predicted octanol–water partition coefficient (Wildman–Crippen LogP) is 1.85. The van der Waals surface area contributed by atoms with Gasteiger partial charge in [0.05, 0.1) is 12.7 Å². The van der Waals surface area contributed by atoms with Crippen molar-refractivity contribution >= 4 is 11.6 Å². The fourth-order valence-electron chi connectivity index (χ4n) is 1.72. The number of amides is 1.